The van der Waals surface area contributed by atoms with Crippen molar-refractivity contribution in [2.75, 3.05) is 25.4 Å². The fraction of sp³-hybridized carbons (Fsp3) is 0.788. The number of benzene rings is 1. The summed E-state index contributed by atoms with van der Waals surface area (Å²) in [6.07, 6.45) is 23.2. The molecular formula is C33H51N3O2S. The molecule has 2 atom stereocenters. The predicted octanol–water partition coefficient (Wildman–Crippen LogP) is 6.78. The lowest BCUT2D eigenvalue weighted by Crippen LogP contribution is -2.60. The van der Waals surface area contributed by atoms with Gasteiger partial charge in [-0.1, -0.05) is 63.9 Å². The van der Waals surface area contributed by atoms with E-state index in [9.17, 15) is 4.79 Å². The molecule has 2 aliphatic heterocycles. The molecule has 0 bridgehead atoms. The van der Waals surface area contributed by atoms with Crippen molar-refractivity contribution in [2.45, 2.75) is 126 Å². The molecule has 3 aliphatic carbocycles. The third-order valence-electron chi connectivity index (χ3n) is 10.8. The SMILES string of the molecule is O=C(COc1ccc2c(c1)CCC2)N(CC1(C2CCCCCC2)CCCS1)C1NNCC12CCCCCCC2. The van der Waals surface area contributed by atoms with Crippen LogP contribution in [0.2, 0.25) is 0 Å². The summed E-state index contributed by atoms with van der Waals surface area (Å²) in [7, 11) is 0. The van der Waals surface area contributed by atoms with E-state index in [1.54, 1.807) is 0 Å². The van der Waals surface area contributed by atoms with Gasteiger partial charge in [-0.3, -0.25) is 10.2 Å². The van der Waals surface area contributed by atoms with Crippen LogP contribution in [0.5, 0.6) is 5.75 Å². The number of hydrogen-bond donors (Lipinski definition) is 2. The summed E-state index contributed by atoms with van der Waals surface area (Å²) in [6.45, 7) is 1.98. The summed E-state index contributed by atoms with van der Waals surface area (Å²) >= 11 is 2.20. The number of hydrazine groups is 1. The molecule has 2 saturated carbocycles. The van der Waals surface area contributed by atoms with Gasteiger partial charge in [0.05, 0.1) is 0 Å². The molecule has 2 saturated heterocycles. The van der Waals surface area contributed by atoms with Gasteiger partial charge in [-0.15, -0.1) is 0 Å². The van der Waals surface area contributed by atoms with Gasteiger partial charge in [-0.2, -0.15) is 11.8 Å². The molecule has 1 amide bonds. The summed E-state index contributed by atoms with van der Waals surface area (Å²) in [6, 6.07) is 6.47. The van der Waals surface area contributed by atoms with E-state index in [0.717, 1.165) is 31.2 Å². The van der Waals surface area contributed by atoms with Crippen molar-refractivity contribution in [2.24, 2.45) is 11.3 Å². The molecule has 5 aliphatic rings. The number of hydrogen-bond acceptors (Lipinski definition) is 5. The molecule has 6 heteroatoms. The predicted molar refractivity (Wildman–Crippen MR) is 161 cm³/mol. The van der Waals surface area contributed by atoms with Crippen molar-refractivity contribution in [1.29, 1.82) is 0 Å². The van der Waals surface area contributed by atoms with Gasteiger partial charge in [0, 0.05) is 23.3 Å². The van der Waals surface area contributed by atoms with Crippen LogP contribution >= 0.6 is 11.8 Å². The minimum absolute atomic E-state index is 0.0515. The molecule has 1 spiro atoms. The smallest absolute Gasteiger partial charge is 0.261 e. The highest BCUT2D eigenvalue weighted by molar-refractivity contribution is 8.00. The van der Waals surface area contributed by atoms with Gasteiger partial charge in [0.25, 0.3) is 5.91 Å². The van der Waals surface area contributed by atoms with Crippen LogP contribution in [0.15, 0.2) is 18.2 Å². The summed E-state index contributed by atoms with van der Waals surface area (Å²) in [4.78, 5) is 16.6. The average Bonchev–Trinajstić information content (AvgIpc) is 3.65. The minimum atomic E-state index is 0.0515. The molecule has 0 radical (unpaired) electrons. The Labute approximate surface area is 240 Å². The number of nitrogens with zero attached hydrogens (tertiary/aromatic N) is 1. The number of nitrogens with one attached hydrogen (secondary N) is 2. The fourth-order valence-electron chi connectivity index (χ4n) is 8.62. The van der Waals surface area contributed by atoms with Crippen LogP contribution in [-0.4, -0.2) is 47.2 Å². The lowest BCUT2D eigenvalue weighted by atomic mass is 9.73. The first-order valence-corrected chi connectivity index (χ1v) is 17.3. The Kier molecular flexibility index (Phi) is 9.11. The van der Waals surface area contributed by atoms with E-state index < -0.39 is 0 Å². The van der Waals surface area contributed by atoms with Crippen LogP contribution in [0, 0.1) is 11.3 Å². The van der Waals surface area contributed by atoms with Crippen molar-refractivity contribution in [1.82, 2.24) is 15.8 Å². The number of ether oxygens (including phenoxy) is 1. The first kappa shape index (κ1) is 27.9. The number of fused-ring (bicyclic) bond motifs is 1. The third-order valence-corrected chi connectivity index (χ3v) is 12.6. The number of carbonyl (C=O) groups is 1. The second-order valence-corrected chi connectivity index (χ2v) is 14.8. The Hall–Kier alpha value is -1.24. The topological polar surface area (TPSA) is 53.6 Å². The van der Waals surface area contributed by atoms with Gasteiger partial charge < -0.3 is 9.64 Å². The fourth-order valence-corrected chi connectivity index (χ4v) is 10.3. The second-order valence-electron chi connectivity index (χ2n) is 13.3. The van der Waals surface area contributed by atoms with E-state index >= 15 is 0 Å². The molecule has 39 heavy (non-hydrogen) atoms. The Morgan fingerprint density at radius 3 is 2.41 bits per heavy atom. The van der Waals surface area contributed by atoms with Crippen LogP contribution in [0.4, 0.5) is 0 Å². The number of amides is 1. The van der Waals surface area contributed by atoms with Crippen molar-refractivity contribution in [3.8, 4) is 5.75 Å². The van der Waals surface area contributed by atoms with Gasteiger partial charge in [0.1, 0.15) is 11.9 Å². The summed E-state index contributed by atoms with van der Waals surface area (Å²) in [5.74, 6) is 2.99. The van der Waals surface area contributed by atoms with E-state index in [4.69, 9.17) is 4.74 Å². The average molecular weight is 554 g/mol. The molecule has 1 aromatic rings. The quantitative estimate of drug-likeness (QED) is 0.365. The highest BCUT2D eigenvalue weighted by Gasteiger charge is 2.51. The van der Waals surface area contributed by atoms with Gasteiger partial charge in [0.15, 0.2) is 6.61 Å². The molecule has 2 N–H and O–H groups in total. The Morgan fingerprint density at radius 2 is 1.64 bits per heavy atom. The van der Waals surface area contributed by atoms with Crippen molar-refractivity contribution >= 4 is 17.7 Å². The van der Waals surface area contributed by atoms with Crippen LogP contribution in [0.1, 0.15) is 114 Å². The van der Waals surface area contributed by atoms with E-state index in [2.05, 4.69) is 45.7 Å². The van der Waals surface area contributed by atoms with Gasteiger partial charge in [0.2, 0.25) is 0 Å². The van der Waals surface area contributed by atoms with Gasteiger partial charge in [-0.25, -0.2) is 5.43 Å². The standard InChI is InChI=1S/C33H51N3O2S/c37-30(23-38-29-17-16-26-12-10-13-27(26)22-29)36(31-32(24-34-35-31)18-8-4-1-5-9-19-32)25-33(20-11-21-39-33)28-14-6-2-3-7-15-28/h16-17,22,28,31,34-35H,1-15,18-21,23-25H2. The number of carbonyl (C=O) groups excluding carboxylic acids is 1. The van der Waals surface area contributed by atoms with Crippen LogP contribution in [-0.2, 0) is 17.6 Å². The Bertz CT molecular complexity index is 962. The zero-order valence-electron chi connectivity index (χ0n) is 24.1. The summed E-state index contributed by atoms with van der Waals surface area (Å²) in [5, 5.41) is 0. The highest BCUT2D eigenvalue weighted by atomic mass is 32.2. The largest absolute Gasteiger partial charge is 0.484 e. The maximum Gasteiger partial charge on any atom is 0.261 e. The van der Waals surface area contributed by atoms with Crippen LogP contribution < -0.4 is 15.6 Å². The van der Waals surface area contributed by atoms with E-state index in [1.165, 1.54) is 126 Å². The number of aryl methyl sites for hydroxylation is 2. The molecule has 2 unspecified atom stereocenters. The molecule has 216 valence electrons. The van der Waals surface area contributed by atoms with Crippen molar-refractivity contribution < 1.29 is 9.53 Å². The van der Waals surface area contributed by atoms with E-state index in [0.29, 0.717) is 0 Å². The molecular weight excluding hydrogens is 502 g/mol. The summed E-state index contributed by atoms with van der Waals surface area (Å²) < 4.78 is 6.47. The van der Waals surface area contributed by atoms with Crippen LogP contribution in [0.25, 0.3) is 0 Å². The number of rotatable bonds is 7. The lowest BCUT2D eigenvalue weighted by molar-refractivity contribution is -0.140. The lowest BCUT2D eigenvalue weighted by Gasteiger charge is -2.47. The first-order chi connectivity index (χ1) is 19.2. The maximum atomic E-state index is 14.3. The van der Waals surface area contributed by atoms with Crippen molar-refractivity contribution in [3.63, 3.8) is 0 Å². The first-order valence-electron chi connectivity index (χ1n) is 16.3. The molecule has 5 nitrogen and oxygen atoms in total. The minimum Gasteiger partial charge on any atom is -0.484 e. The molecule has 2 heterocycles. The second kappa shape index (κ2) is 12.7. The number of thioether (sulfide) groups is 1. The van der Waals surface area contributed by atoms with Crippen molar-refractivity contribution in [3.05, 3.63) is 29.3 Å². The third kappa shape index (κ3) is 6.18. The zero-order valence-corrected chi connectivity index (χ0v) is 24.9. The molecule has 1 aromatic carbocycles. The normalized spacial score (nSPS) is 29.5. The van der Waals surface area contributed by atoms with Crippen LogP contribution in [0.3, 0.4) is 0 Å². The zero-order chi connectivity index (χ0) is 26.5. The van der Waals surface area contributed by atoms with Gasteiger partial charge >= 0.3 is 0 Å². The maximum absolute atomic E-state index is 14.3. The Balaban J connectivity index is 1.26. The van der Waals surface area contributed by atoms with Gasteiger partial charge in [-0.05, 0) is 92.7 Å². The highest BCUT2D eigenvalue weighted by Crippen LogP contribution is 2.50. The Morgan fingerprint density at radius 1 is 0.897 bits per heavy atom. The molecule has 0 aromatic heterocycles. The van der Waals surface area contributed by atoms with E-state index in [1.807, 2.05) is 0 Å². The summed E-state index contributed by atoms with van der Waals surface area (Å²) in [5.41, 5.74) is 10.2. The van der Waals surface area contributed by atoms with E-state index in [-0.39, 0.29) is 28.8 Å². The molecule has 6 rings (SSSR count). The monoisotopic (exact) mass is 553 g/mol. The molecule has 4 fully saturated rings.